The first-order valence-electron chi connectivity index (χ1n) is 7.85. The number of hydrogen-bond acceptors (Lipinski definition) is 2. The maximum Gasteiger partial charge on any atom is 0.0636 e. The molecule has 0 aliphatic rings. The van der Waals surface area contributed by atoms with Crippen molar-refractivity contribution in [1.29, 1.82) is 0 Å². The Morgan fingerprint density at radius 2 is 1.11 bits per heavy atom. The van der Waals surface area contributed by atoms with Crippen LogP contribution in [0, 0.1) is 5.41 Å². The molecule has 0 heterocycles. The summed E-state index contributed by atoms with van der Waals surface area (Å²) in [5.74, 6) is 0. The van der Waals surface area contributed by atoms with E-state index in [-0.39, 0.29) is 0 Å². The maximum atomic E-state index is 6.02. The predicted molar refractivity (Wildman–Crippen MR) is 82.4 cm³/mol. The van der Waals surface area contributed by atoms with Crippen molar-refractivity contribution in [3.63, 3.8) is 0 Å². The van der Waals surface area contributed by atoms with Crippen molar-refractivity contribution in [1.82, 2.24) is 0 Å². The van der Waals surface area contributed by atoms with Crippen molar-refractivity contribution in [2.75, 3.05) is 0 Å². The summed E-state index contributed by atoms with van der Waals surface area (Å²) in [5.41, 5.74) is 12.1. The fourth-order valence-electron chi connectivity index (χ4n) is 2.41. The minimum Gasteiger partial charge on any atom is -0.313 e. The molecule has 0 aromatic carbocycles. The van der Waals surface area contributed by atoms with E-state index in [4.69, 9.17) is 11.5 Å². The topological polar surface area (TPSA) is 52.0 Å². The van der Waals surface area contributed by atoms with Crippen molar-refractivity contribution in [2.45, 2.75) is 97.6 Å². The molecule has 110 valence electrons. The molecule has 0 aliphatic carbocycles. The lowest BCUT2D eigenvalue weighted by Crippen LogP contribution is -2.48. The molecule has 0 aromatic rings. The van der Waals surface area contributed by atoms with E-state index in [9.17, 15) is 0 Å². The summed E-state index contributed by atoms with van der Waals surface area (Å²) in [4.78, 5) is 0. The van der Waals surface area contributed by atoms with Gasteiger partial charge in [0, 0.05) is 0 Å². The standard InChI is InChI=1S/C16H36N2/c1-5-12-16(17,18)14-11-9-7-6-8-10-13-15(2,3)4/h5-14,17-18H2,1-4H3. The lowest BCUT2D eigenvalue weighted by molar-refractivity contribution is 0.348. The summed E-state index contributed by atoms with van der Waals surface area (Å²) < 4.78 is 0. The largest absolute Gasteiger partial charge is 0.313 e. The van der Waals surface area contributed by atoms with E-state index in [2.05, 4.69) is 27.7 Å². The average molecular weight is 256 g/mol. The van der Waals surface area contributed by atoms with Crippen LogP contribution < -0.4 is 11.5 Å². The number of unbranched alkanes of at least 4 members (excludes halogenated alkanes) is 5. The zero-order valence-corrected chi connectivity index (χ0v) is 13.2. The van der Waals surface area contributed by atoms with Gasteiger partial charge in [-0.3, -0.25) is 0 Å². The Morgan fingerprint density at radius 1 is 0.667 bits per heavy atom. The summed E-state index contributed by atoms with van der Waals surface area (Å²) in [7, 11) is 0. The van der Waals surface area contributed by atoms with Crippen LogP contribution in [0.2, 0.25) is 0 Å². The smallest absolute Gasteiger partial charge is 0.0636 e. The van der Waals surface area contributed by atoms with Crippen LogP contribution in [-0.2, 0) is 0 Å². The molecule has 0 saturated carbocycles. The van der Waals surface area contributed by atoms with Gasteiger partial charge in [0.25, 0.3) is 0 Å². The molecule has 0 aliphatic heterocycles. The lowest BCUT2D eigenvalue weighted by atomic mass is 9.89. The first kappa shape index (κ1) is 17.9. The van der Waals surface area contributed by atoms with Crippen LogP contribution in [0.1, 0.15) is 91.9 Å². The first-order valence-corrected chi connectivity index (χ1v) is 7.85. The third-order valence-corrected chi connectivity index (χ3v) is 3.53. The zero-order valence-electron chi connectivity index (χ0n) is 13.2. The van der Waals surface area contributed by atoms with E-state index in [0.717, 1.165) is 19.3 Å². The van der Waals surface area contributed by atoms with Crippen LogP contribution >= 0.6 is 0 Å². The van der Waals surface area contributed by atoms with Gasteiger partial charge >= 0.3 is 0 Å². The molecule has 0 fully saturated rings. The Labute approximate surface area is 115 Å². The number of rotatable bonds is 10. The molecule has 0 rings (SSSR count). The van der Waals surface area contributed by atoms with Gasteiger partial charge in [-0.1, -0.05) is 72.6 Å². The maximum absolute atomic E-state index is 6.02. The Morgan fingerprint density at radius 3 is 1.56 bits per heavy atom. The molecule has 4 N–H and O–H groups in total. The van der Waals surface area contributed by atoms with Gasteiger partial charge in [-0.25, -0.2) is 0 Å². The molecule has 18 heavy (non-hydrogen) atoms. The quantitative estimate of drug-likeness (QED) is 0.444. The van der Waals surface area contributed by atoms with Gasteiger partial charge in [-0.05, 0) is 24.7 Å². The van der Waals surface area contributed by atoms with Gasteiger partial charge in [-0.2, -0.15) is 0 Å². The zero-order chi connectivity index (χ0) is 14.1. The molecule has 0 spiro atoms. The van der Waals surface area contributed by atoms with Crippen molar-refractivity contribution in [2.24, 2.45) is 16.9 Å². The molecule has 0 bridgehead atoms. The summed E-state index contributed by atoms with van der Waals surface area (Å²) >= 11 is 0. The van der Waals surface area contributed by atoms with E-state index in [1.807, 2.05) is 0 Å². The second-order valence-corrected chi connectivity index (χ2v) is 7.17. The Balaban J connectivity index is 3.31. The molecular formula is C16H36N2. The fraction of sp³-hybridized carbons (Fsp3) is 1.00. The Bertz CT molecular complexity index is 192. The Kier molecular flexibility index (Phi) is 8.89. The van der Waals surface area contributed by atoms with E-state index < -0.39 is 5.66 Å². The third-order valence-electron chi connectivity index (χ3n) is 3.53. The van der Waals surface area contributed by atoms with Gasteiger partial charge in [0.05, 0.1) is 5.66 Å². The average Bonchev–Trinajstić information content (AvgIpc) is 2.20. The van der Waals surface area contributed by atoms with E-state index >= 15 is 0 Å². The van der Waals surface area contributed by atoms with Crippen LogP contribution in [0.5, 0.6) is 0 Å². The molecule has 0 aromatic heterocycles. The van der Waals surface area contributed by atoms with Crippen LogP contribution in [0.25, 0.3) is 0 Å². The van der Waals surface area contributed by atoms with E-state index in [1.54, 1.807) is 0 Å². The Hall–Kier alpha value is -0.0800. The van der Waals surface area contributed by atoms with Crippen molar-refractivity contribution >= 4 is 0 Å². The highest BCUT2D eigenvalue weighted by atomic mass is 14.9. The third kappa shape index (κ3) is 12.4. The normalized spacial score (nSPS) is 13.0. The second kappa shape index (κ2) is 8.92. The van der Waals surface area contributed by atoms with Gasteiger partial charge in [0.2, 0.25) is 0 Å². The summed E-state index contributed by atoms with van der Waals surface area (Å²) in [6.45, 7) is 9.11. The molecule has 0 unspecified atom stereocenters. The van der Waals surface area contributed by atoms with Crippen LogP contribution in [-0.4, -0.2) is 5.66 Å². The second-order valence-electron chi connectivity index (χ2n) is 7.17. The molecule has 2 heteroatoms. The SMILES string of the molecule is CCCC(N)(N)CCCCCCCCC(C)(C)C. The lowest BCUT2D eigenvalue weighted by Gasteiger charge is -2.23. The minimum atomic E-state index is -0.416. The molecule has 0 atom stereocenters. The van der Waals surface area contributed by atoms with Gasteiger partial charge in [0.1, 0.15) is 0 Å². The number of nitrogens with two attached hydrogens (primary N) is 2. The van der Waals surface area contributed by atoms with Crippen molar-refractivity contribution < 1.29 is 0 Å². The minimum absolute atomic E-state index is 0.416. The molecular weight excluding hydrogens is 220 g/mol. The van der Waals surface area contributed by atoms with E-state index in [1.165, 1.54) is 44.9 Å². The van der Waals surface area contributed by atoms with Crippen molar-refractivity contribution in [3.05, 3.63) is 0 Å². The highest BCUT2D eigenvalue weighted by Crippen LogP contribution is 2.22. The van der Waals surface area contributed by atoms with Crippen LogP contribution in [0.4, 0.5) is 0 Å². The van der Waals surface area contributed by atoms with Crippen LogP contribution in [0.3, 0.4) is 0 Å². The highest BCUT2D eigenvalue weighted by molar-refractivity contribution is 4.75. The fourth-order valence-corrected chi connectivity index (χ4v) is 2.41. The summed E-state index contributed by atoms with van der Waals surface area (Å²) in [5, 5.41) is 0. The summed E-state index contributed by atoms with van der Waals surface area (Å²) in [6.07, 6.45) is 12.3. The molecule has 0 saturated heterocycles. The van der Waals surface area contributed by atoms with Crippen LogP contribution in [0.15, 0.2) is 0 Å². The predicted octanol–water partition coefficient (Wildman–Crippen LogP) is 4.57. The molecule has 0 radical (unpaired) electrons. The summed E-state index contributed by atoms with van der Waals surface area (Å²) in [6, 6.07) is 0. The van der Waals surface area contributed by atoms with Gasteiger partial charge in [0.15, 0.2) is 0 Å². The van der Waals surface area contributed by atoms with Crippen molar-refractivity contribution in [3.8, 4) is 0 Å². The van der Waals surface area contributed by atoms with Gasteiger partial charge in [-0.15, -0.1) is 0 Å². The van der Waals surface area contributed by atoms with Gasteiger partial charge < -0.3 is 11.5 Å². The molecule has 0 amide bonds. The molecule has 2 nitrogen and oxygen atoms in total. The number of hydrogen-bond donors (Lipinski definition) is 2. The highest BCUT2D eigenvalue weighted by Gasteiger charge is 2.16. The first-order chi connectivity index (χ1) is 8.27. The monoisotopic (exact) mass is 256 g/mol. The van der Waals surface area contributed by atoms with E-state index in [0.29, 0.717) is 5.41 Å².